The summed E-state index contributed by atoms with van der Waals surface area (Å²) in [5.74, 6) is 1.12. The van der Waals surface area contributed by atoms with Crippen molar-refractivity contribution in [1.29, 1.82) is 0 Å². The molecule has 4 nitrogen and oxygen atoms in total. The molecule has 2 aliphatic rings. The first kappa shape index (κ1) is 15.2. The molecule has 0 aliphatic carbocycles. The Hall–Kier alpha value is -2.33. The second kappa shape index (κ2) is 5.95. The van der Waals surface area contributed by atoms with Crippen molar-refractivity contribution >= 4 is 6.08 Å². The van der Waals surface area contributed by atoms with Crippen LogP contribution in [0.2, 0.25) is 0 Å². The molecule has 2 fully saturated rings. The molecule has 124 valence electrons. The Kier molecular flexibility index (Phi) is 3.77. The van der Waals surface area contributed by atoms with Gasteiger partial charge < -0.3 is 9.72 Å². The number of likely N-dealkylation sites (tertiary alicyclic amines) is 1. The first-order valence-electron chi connectivity index (χ1n) is 8.52. The van der Waals surface area contributed by atoms with Gasteiger partial charge in [-0.3, -0.25) is 9.69 Å². The molecule has 0 bridgehead atoms. The van der Waals surface area contributed by atoms with Gasteiger partial charge in [0.1, 0.15) is 5.76 Å². The second-order valence-corrected chi connectivity index (χ2v) is 6.76. The molecule has 0 unspecified atom stereocenters. The van der Waals surface area contributed by atoms with Crippen LogP contribution in [0.15, 0.2) is 53.1 Å². The number of piperidine rings is 1. The van der Waals surface area contributed by atoms with E-state index in [1.807, 2.05) is 12.1 Å². The standard InChI is InChI=1S/C20H22N2O2/c1-15-5-2-3-6-16(15)13-18-20(24-18)8-11-22(12-9-20)14-17-7-4-10-21-19(17)23/h2-7,10,13H,8-9,11-12,14H2,1H3,(H,21,23). The normalized spacial score (nSPS) is 21.0. The number of ether oxygens (including phenoxy) is 1. The van der Waals surface area contributed by atoms with Gasteiger partial charge in [-0.15, -0.1) is 0 Å². The van der Waals surface area contributed by atoms with Gasteiger partial charge in [-0.1, -0.05) is 30.3 Å². The molecule has 2 saturated heterocycles. The molecule has 2 aliphatic heterocycles. The zero-order chi connectivity index (χ0) is 16.6. The number of benzene rings is 1. The number of rotatable bonds is 3. The predicted octanol–water partition coefficient (Wildman–Crippen LogP) is 3.09. The lowest BCUT2D eigenvalue weighted by atomic mass is 9.94. The fourth-order valence-corrected chi connectivity index (χ4v) is 3.48. The molecule has 1 spiro atoms. The van der Waals surface area contributed by atoms with Crippen molar-refractivity contribution in [3.63, 3.8) is 0 Å². The van der Waals surface area contributed by atoms with E-state index in [1.54, 1.807) is 6.20 Å². The Labute approximate surface area is 141 Å². The maximum Gasteiger partial charge on any atom is 0.252 e. The average Bonchev–Trinajstić information content (AvgIpc) is 3.26. The number of epoxide rings is 1. The molecule has 0 amide bonds. The molecule has 1 aromatic heterocycles. The van der Waals surface area contributed by atoms with Gasteiger partial charge in [0.05, 0.1) is 0 Å². The molecular formula is C20H22N2O2. The van der Waals surface area contributed by atoms with E-state index in [9.17, 15) is 4.79 Å². The van der Waals surface area contributed by atoms with Crippen molar-refractivity contribution < 1.29 is 4.74 Å². The molecule has 4 rings (SSSR count). The number of aromatic nitrogens is 1. The minimum atomic E-state index is -0.0537. The lowest BCUT2D eigenvalue weighted by Gasteiger charge is -2.29. The zero-order valence-corrected chi connectivity index (χ0v) is 13.9. The number of nitrogens with zero attached hydrogens (tertiary/aromatic N) is 1. The van der Waals surface area contributed by atoms with Crippen molar-refractivity contribution in [3.8, 4) is 0 Å². The third kappa shape index (κ3) is 2.89. The number of aromatic amines is 1. The number of hydrogen-bond donors (Lipinski definition) is 1. The van der Waals surface area contributed by atoms with Gasteiger partial charge in [-0.25, -0.2) is 0 Å². The van der Waals surface area contributed by atoms with E-state index in [0.717, 1.165) is 37.3 Å². The van der Waals surface area contributed by atoms with Crippen LogP contribution in [0.4, 0.5) is 0 Å². The van der Waals surface area contributed by atoms with Crippen molar-refractivity contribution in [2.75, 3.05) is 13.1 Å². The molecule has 0 radical (unpaired) electrons. The highest BCUT2D eigenvalue weighted by Gasteiger charge is 2.53. The Balaban J connectivity index is 1.40. The highest BCUT2D eigenvalue weighted by atomic mass is 16.6. The third-order valence-electron chi connectivity index (χ3n) is 5.15. The summed E-state index contributed by atoms with van der Waals surface area (Å²) in [6, 6.07) is 12.2. The van der Waals surface area contributed by atoms with Gasteiger partial charge in [-0.05, 0) is 30.2 Å². The Morgan fingerprint density at radius 3 is 2.75 bits per heavy atom. The van der Waals surface area contributed by atoms with Crippen LogP contribution in [0.25, 0.3) is 6.08 Å². The molecule has 4 heteroatoms. The Morgan fingerprint density at radius 2 is 2.00 bits per heavy atom. The summed E-state index contributed by atoms with van der Waals surface area (Å²) < 4.78 is 5.99. The molecule has 0 saturated carbocycles. The SMILES string of the molecule is Cc1ccccc1C=C1OC12CCN(Cc1ccc[nH]c1=O)CC2. The van der Waals surface area contributed by atoms with Gasteiger partial charge in [0.15, 0.2) is 5.60 Å². The number of H-pyrrole nitrogens is 1. The second-order valence-electron chi connectivity index (χ2n) is 6.76. The number of pyridine rings is 1. The van der Waals surface area contributed by atoms with Crippen molar-refractivity contribution in [2.45, 2.75) is 31.9 Å². The maximum absolute atomic E-state index is 11.8. The molecular weight excluding hydrogens is 300 g/mol. The van der Waals surface area contributed by atoms with Crippen LogP contribution in [-0.2, 0) is 11.3 Å². The van der Waals surface area contributed by atoms with E-state index >= 15 is 0 Å². The van der Waals surface area contributed by atoms with Gasteiger partial charge in [0.2, 0.25) is 0 Å². The lowest BCUT2D eigenvalue weighted by Crippen LogP contribution is -2.38. The molecule has 2 aromatic rings. The molecule has 24 heavy (non-hydrogen) atoms. The molecule has 1 N–H and O–H groups in total. The smallest absolute Gasteiger partial charge is 0.252 e. The summed E-state index contributed by atoms with van der Waals surface area (Å²) in [6.45, 7) is 4.75. The summed E-state index contributed by atoms with van der Waals surface area (Å²) in [4.78, 5) is 16.9. The van der Waals surface area contributed by atoms with Crippen molar-refractivity contribution in [3.05, 3.63) is 75.4 Å². The monoisotopic (exact) mass is 322 g/mol. The highest BCUT2D eigenvalue weighted by molar-refractivity contribution is 5.60. The van der Waals surface area contributed by atoms with Gasteiger partial charge in [0.25, 0.3) is 5.56 Å². The van der Waals surface area contributed by atoms with E-state index in [4.69, 9.17) is 4.74 Å². The summed E-state index contributed by atoms with van der Waals surface area (Å²) in [7, 11) is 0. The molecule has 1 aromatic carbocycles. The molecule has 0 atom stereocenters. The van der Waals surface area contributed by atoms with E-state index in [0.29, 0.717) is 6.54 Å². The van der Waals surface area contributed by atoms with Crippen LogP contribution < -0.4 is 5.56 Å². The predicted molar refractivity (Wildman–Crippen MR) is 94.5 cm³/mol. The van der Waals surface area contributed by atoms with E-state index in [-0.39, 0.29) is 11.2 Å². The number of aryl methyl sites for hydroxylation is 1. The Morgan fingerprint density at radius 1 is 1.21 bits per heavy atom. The third-order valence-corrected chi connectivity index (χ3v) is 5.15. The van der Waals surface area contributed by atoms with Gasteiger partial charge in [0, 0.05) is 44.2 Å². The largest absolute Gasteiger partial charge is 0.479 e. The minimum Gasteiger partial charge on any atom is -0.479 e. The molecule has 3 heterocycles. The van der Waals surface area contributed by atoms with Crippen LogP contribution in [0.3, 0.4) is 0 Å². The van der Waals surface area contributed by atoms with Crippen LogP contribution in [-0.4, -0.2) is 28.6 Å². The van der Waals surface area contributed by atoms with E-state index < -0.39 is 0 Å². The van der Waals surface area contributed by atoms with E-state index in [1.165, 1.54) is 11.1 Å². The lowest BCUT2D eigenvalue weighted by molar-refractivity contribution is 0.141. The quantitative estimate of drug-likeness (QED) is 0.884. The Bertz CT molecular complexity index is 829. The van der Waals surface area contributed by atoms with Crippen LogP contribution in [0, 0.1) is 6.92 Å². The number of hydrogen-bond acceptors (Lipinski definition) is 3. The number of nitrogens with one attached hydrogen (secondary N) is 1. The van der Waals surface area contributed by atoms with E-state index in [2.05, 4.69) is 47.1 Å². The average molecular weight is 322 g/mol. The zero-order valence-electron chi connectivity index (χ0n) is 13.9. The highest BCUT2D eigenvalue weighted by Crippen LogP contribution is 2.50. The fourth-order valence-electron chi connectivity index (χ4n) is 3.48. The first-order chi connectivity index (χ1) is 11.7. The van der Waals surface area contributed by atoms with Crippen LogP contribution in [0.1, 0.15) is 29.5 Å². The van der Waals surface area contributed by atoms with Crippen molar-refractivity contribution in [2.24, 2.45) is 0 Å². The van der Waals surface area contributed by atoms with Crippen LogP contribution >= 0.6 is 0 Å². The summed E-state index contributed by atoms with van der Waals surface area (Å²) in [6.07, 6.45) is 5.86. The summed E-state index contributed by atoms with van der Waals surface area (Å²) in [5.41, 5.74) is 3.31. The minimum absolute atomic E-state index is 0.0144. The fraction of sp³-hybridized carbons (Fsp3) is 0.350. The topological polar surface area (TPSA) is 48.6 Å². The summed E-state index contributed by atoms with van der Waals surface area (Å²) in [5, 5.41) is 0. The van der Waals surface area contributed by atoms with Gasteiger partial charge in [-0.2, -0.15) is 0 Å². The summed E-state index contributed by atoms with van der Waals surface area (Å²) >= 11 is 0. The van der Waals surface area contributed by atoms with Crippen LogP contribution in [0.5, 0.6) is 0 Å². The van der Waals surface area contributed by atoms with Crippen molar-refractivity contribution in [1.82, 2.24) is 9.88 Å². The maximum atomic E-state index is 11.8. The first-order valence-corrected chi connectivity index (χ1v) is 8.52. The van der Waals surface area contributed by atoms with Gasteiger partial charge >= 0.3 is 0 Å².